The van der Waals surface area contributed by atoms with E-state index in [1.165, 1.54) is 35.5 Å². The number of rotatable bonds is 4. The van der Waals surface area contributed by atoms with E-state index in [-0.39, 0.29) is 22.3 Å². The lowest BCUT2D eigenvalue weighted by Crippen LogP contribution is -2.29. The highest BCUT2D eigenvalue weighted by atomic mass is 32.1. The Kier molecular flexibility index (Phi) is 4.55. The fraction of sp³-hybridized carbons (Fsp3) is 0.182. The van der Waals surface area contributed by atoms with Crippen molar-refractivity contribution in [3.63, 3.8) is 0 Å². The molecule has 1 amide bonds. The Hall–Kier alpha value is -3.59. The first kappa shape index (κ1) is 19.4. The SMILES string of the molecule is CCc1nnc(N2C(=O)c3oc4ccc(F)cc4c(=O)c3C2c2ccccc2OC)s1. The normalized spacial score (nSPS) is 15.5. The monoisotopic (exact) mass is 437 g/mol. The van der Waals surface area contributed by atoms with E-state index in [4.69, 9.17) is 9.15 Å². The van der Waals surface area contributed by atoms with Crippen LogP contribution in [-0.4, -0.2) is 23.2 Å². The second-order valence-electron chi connectivity index (χ2n) is 6.97. The molecule has 0 N–H and O–H groups in total. The zero-order valence-corrected chi connectivity index (χ0v) is 17.4. The van der Waals surface area contributed by atoms with Crippen molar-refractivity contribution in [2.24, 2.45) is 0 Å². The number of ether oxygens (including phenoxy) is 1. The number of methoxy groups -OCH3 is 1. The van der Waals surface area contributed by atoms with E-state index in [0.717, 1.165) is 11.1 Å². The van der Waals surface area contributed by atoms with Crippen molar-refractivity contribution in [2.45, 2.75) is 19.4 Å². The summed E-state index contributed by atoms with van der Waals surface area (Å²) < 4.78 is 25.2. The summed E-state index contributed by atoms with van der Waals surface area (Å²) in [6.45, 7) is 1.94. The molecule has 156 valence electrons. The van der Waals surface area contributed by atoms with Gasteiger partial charge in [0.05, 0.1) is 18.1 Å². The van der Waals surface area contributed by atoms with Gasteiger partial charge in [-0.05, 0) is 30.7 Å². The largest absolute Gasteiger partial charge is 0.496 e. The smallest absolute Gasteiger partial charge is 0.297 e. The van der Waals surface area contributed by atoms with Crippen LogP contribution in [0.2, 0.25) is 0 Å². The predicted molar refractivity (Wildman–Crippen MR) is 113 cm³/mol. The summed E-state index contributed by atoms with van der Waals surface area (Å²) in [7, 11) is 1.51. The minimum absolute atomic E-state index is 0.0693. The molecule has 0 bridgehead atoms. The zero-order valence-electron chi connectivity index (χ0n) is 16.6. The molecule has 2 aromatic heterocycles. The molecule has 0 aliphatic carbocycles. The minimum atomic E-state index is -0.847. The van der Waals surface area contributed by atoms with Gasteiger partial charge in [-0.1, -0.05) is 36.5 Å². The molecule has 4 aromatic rings. The first-order valence-corrected chi connectivity index (χ1v) is 10.4. The van der Waals surface area contributed by atoms with Crippen LogP contribution in [0, 0.1) is 5.82 Å². The molecule has 0 radical (unpaired) electrons. The first-order valence-electron chi connectivity index (χ1n) is 9.58. The quantitative estimate of drug-likeness (QED) is 0.478. The molecule has 0 fully saturated rings. The molecule has 7 nitrogen and oxygen atoms in total. The van der Waals surface area contributed by atoms with E-state index in [1.807, 2.05) is 6.92 Å². The highest BCUT2D eigenvalue weighted by Gasteiger charge is 2.46. The Morgan fingerprint density at radius 3 is 2.74 bits per heavy atom. The predicted octanol–water partition coefficient (Wildman–Crippen LogP) is 4.10. The number of halogens is 1. The van der Waals surface area contributed by atoms with E-state index >= 15 is 0 Å². The van der Waals surface area contributed by atoms with Crippen molar-refractivity contribution in [1.29, 1.82) is 0 Å². The molecule has 1 unspecified atom stereocenters. The van der Waals surface area contributed by atoms with Gasteiger partial charge in [-0.25, -0.2) is 4.39 Å². The minimum Gasteiger partial charge on any atom is -0.496 e. The summed E-state index contributed by atoms with van der Waals surface area (Å²) in [6, 6.07) is 9.91. The van der Waals surface area contributed by atoms with Crippen LogP contribution in [0.1, 0.15) is 39.7 Å². The highest BCUT2D eigenvalue weighted by Crippen LogP contribution is 2.44. The van der Waals surface area contributed by atoms with Gasteiger partial charge in [0.15, 0.2) is 5.43 Å². The van der Waals surface area contributed by atoms with Gasteiger partial charge in [0.2, 0.25) is 10.9 Å². The number of carbonyl (C=O) groups is 1. The molecule has 5 rings (SSSR count). The average Bonchev–Trinajstić information content (AvgIpc) is 3.37. The van der Waals surface area contributed by atoms with Crippen molar-refractivity contribution >= 4 is 33.3 Å². The number of aryl methyl sites for hydroxylation is 1. The van der Waals surface area contributed by atoms with E-state index in [0.29, 0.717) is 22.9 Å². The number of hydrogen-bond donors (Lipinski definition) is 0. The number of fused-ring (bicyclic) bond motifs is 2. The maximum Gasteiger partial charge on any atom is 0.297 e. The van der Waals surface area contributed by atoms with Crippen LogP contribution < -0.4 is 15.1 Å². The Labute approximate surface area is 179 Å². The fourth-order valence-corrected chi connectivity index (χ4v) is 4.62. The van der Waals surface area contributed by atoms with Crippen LogP contribution in [0.3, 0.4) is 0 Å². The Morgan fingerprint density at radius 1 is 1.19 bits per heavy atom. The Bertz CT molecular complexity index is 1400. The number of para-hydroxylation sites is 1. The van der Waals surface area contributed by atoms with Crippen molar-refractivity contribution in [3.05, 3.63) is 80.4 Å². The number of benzene rings is 2. The topological polar surface area (TPSA) is 85.5 Å². The van der Waals surface area contributed by atoms with E-state index < -0.39 is 23.2 Å². The lowest BCUT2D eigenvalue weighted by molar-refractivity contribution is 0.0970. The third-order valence-electron chi connectivity index (χ3n) is 5.23. The van der Waals surface area contributed by atoms with Crippen LogP contribution in [-0.2, 0) is 6.42 Å². The number of aromatic nitrogens is 2. The van der Waals surface area contributed by atoms with Gasteiger partial charge in [-0.2, -0.15) is 0 Å². The van der Waals surface area contributed by atoms with E-state index in [1.54, 1.807) is 24.3 Å². The molecule has 1 aliphatic heterocycles. The zero-order chi connectivity index (χ0) is 21.7. The van der Waals surface area contributed by atoms with Gasteiger partial charge >= 0.3 is 0 Å². The third kappa shape index (κ3) is 2.92. The van der Waals surface area contributed by atoms with Crippen LogP contribution in [0.4, 0.5) is 9.52 Å². The lowest BCUT2D eigenvalue weighted by Gasteiger charge is -2.23. The molecular formula is C22H16FN3O4S. The summed E-state index contributed by atoms with van der Waals surface area (Å²) >= 11 is 1.27. The van der Waals surface area contributed by atoms with E-state index in [2.05, 4.69) is 10.2 Å². The average molecular weight is 437 g/mol. The van der Waals surface area contributed by atoms with E-state index in [9.17, 15) is 14.0 Å². The van der Waals surface area contributed by atoms with Gasteiger partial charge in [0.25, 0.3) is 5.91 Å². The van der Waals surface area contributed by atoms with Crippen LogP contribution in [0.25, 0.3) is 11.0 Å². The number of hydrogen-bond acceptors (Lipinski definition) is 7. The summed E-state index contributed by atoms with van der Waals surface area (Å²) in [5.74, 6) is -0.662. The van der Waals surface area contributed by atoms with Crippen LogP contribution in [0.15, 0.2) is 51.7 Å². The van der Waals surface area contributed by atoms with Crippen LogP contribution in [0.5, 0.6) is 5.75 Å². The van der Waals surface area contributed by atoms with Crippen molar-refractivity contribution in [2.75, 3.05) is 12.0 Å². The molecule has 0 spiro atoms. The number of anilines is 1. The number of carbonyl (C=O) groups excluding carboxylic acids is 1. The molecule has 9 heteroatoms. The first-order chi connectivity index (χ1) is 15.0. The molecule has 3 heterocycles. The summed E-state index contributed by atoms with van der Waals surface area (Å²) in [5.41, 5.74) is 0.391. The van der Waals surface area contributed by atoms with Crippen molar-refractivity contribution in [3.8, 4) is 5.75 Å². The third-order valence-corrected chi connectivity index (χ3v) is 6.30. The van der Waals surface area contributed by atoms with Gasteiger partial charge < -0.3 is 9.15 Å². The van der Waals surface area contributed by atoms with Crippen molar-refractivity contribution in [1.82, 2.24) is 10.2 Å². The van der Waals surface area contributed by atoms with Gasteiger partial charge in [-0.15, -0.1) is 10.2 Å². The van der Waals surface area contributed by atoms with Gasteiger partial charge in [-0.3, -0.25) is 14.5 Å². The number of nitrogens with zero attached hydrogens (tertiary/aromatic N) is 3. The lowest BCUT2D eigenvalue weighted by atomic mass is 9.98. The number of amides is 1. The van der Waals surface area contributed by atoms with Crippen molar-refractivity contribution < 1.29 is 18.3 Å². The summed E-state index contributed by atoms with van der Waals surface area (Å²) in [6.07, 6.45) is 0.659. The second kappa shape index (κ2) is 7.28. The molecule has 31 heavy (non-hydrogen) atoms. The summed E-state index contributed by atoms with van der Waals surface area (Å²) in [5, 5.41) is 9.47. The molecule has 0 saturated heterocycles. The maximum absolute atomic E-state index is 13.9. The van der Waals surface area contributed by atoms with Crippen LogP contribution >= 0.6 is 11.3 Å². The maximum atomic E-state index is 13.9. The molecule has 1 aliphatic rings. The van der Waals surface area contributed by atoms with Gasteiger partial charge in [0.1, 0.15) is 28.2 Å². The summed E-state index contributed by atoms with van der Waals surface area (Å²) in [4.78, 5) is 28.3. The molecule has 2 aromatic carbocycles. The standard InChI is InChI=1S/C22H16FN3O4S/c1-3-16-24-25-22(31-16)26-18(12-6-4-5-7-14(12)29-2)17-19(27)13-10-11(23)8-9-15(13)30-20(17)21(26)28/h4-10,18H,3H2,1-2H3. The fourth-order valence-electron chi connectivity index (χ4n) is 3.81. The molecule has 0 saturated carbocycles. The van der Waals surface area contributed by atoms with Gasteiger partial charge in [0, 0.05) is 5.56 Å². The Balaban J connectivity index is 1.83. The second-order valence-corrected chi connectivity index (χ2v) is 8.01. The molecule has 1 atom stereocenters. The highest BCUT2D eigenvalue weighted by molar-refractivity contribution is 7.15. The Morgan fingerprint density at radius 2 is 2.00 bits per heavy atom. The molecular weight excluding hydrogens is 421 g/mol.